The minimum atomic E-state index is -0.558. The molecule has 1 amide bonds. The minimum absolute atomic E-state index is 0.0142. The predicted octanol–water partition coefficient (Wildman–Crippen LogP) is 3.01. The van der Waals surface area contributed by atoms with Crippen LogP contribution in [0.15, 0.2) is 40.3 Å². The Kier molecular flexibility index (Phi) is 5.81. The summed E-state index contributed by atoms with van der Waals surface area (Å²) < 4.78 is 12.0. The maximum Gasteiger partial charge on any atom is 0.288 e. The van der Waals surface area contributed by atoms with Crippen LogP contribution in [0.5, 0.6) is 11.5 Å². The van der Waals surface area contributed by atoms with Crippen molar-refractivity contribution in [1.82, 2.24) is 4.68 Å². The zero-order valence-corrected chi connectivity index (χ0v) is 19.1. The predicted molar refractivity (Wildman–Crippen MR) is 121 cm³/mol. The first-order chi connectivity index (χ1) is 15.8. The second kappa shape index (κ2) is 8.58. The average molecular weight is 447 g/mol. The molecule has 0 fully saturated rings. The molecule has 2 aromatic rings. The van der Waals surface area contributed by atoms with Gasteiger partial charge in [-0.3, -0.25) is 14.4 Å². The number of carbonyl (C=O) groups excluding carboxylic acids is 2. The Labute approximate surface area is 191 Å². The van der Waals surface area contributed by atoms with Gasteiger partial charge in [0.25, 0.3) is 5.56 Å². The molecule has 1 unspecified atom stereocenters. The van der Waals surface area contributed by atoms with Gasteiger partial charge in [-0.2, -0.15) is 5.26 Å². The van der Waals surface area contributed by atoms with Crippen LogP contribution in [0.1, 0.15) is 54.0 Å². The molecule has 0 N–H and O–H groups in total. The molecule has 33 heavy (non-hydrogen) atoms. The molecule has 1 aromatic carbocycles. The smallest absolute Gasteiger partial charge is 0.288 e. The summed E-state index contributed by atoms with van der Waals surface area (Å²) in [6.07, 6.45) is 1.47. The lowest BCUT2D eigenvalue weighted by molar-refractivity contribution is -0.121. The number of Topliss-reactive ketones (excluding diaryl/α,β-unsaturated/α-hetero) is 1. The minimum Gasteiger partial charge on any atom is -0.493 e. The molecule has 0 bridgehead atoms. The summed E-state index contributed by atoms with van der Waals surface area (Å²) in [6, 6.07) is 9.03. The fourth-order valence-electron chi connectivity index (χ4n) is 4.83. The van der Waals surface area contributed by atoms with Gasteiger partial charge < -0.3 is 9.47 Å². The summed E-state index contributed by atoms with van der Waals surface area (Å²) in [5.74, 6) is 0.279. The number of hydrogen-bond acceptors (Lipinski definition) is 6. The van der Waals surface area contributed by atoms with E-state index in [4.69, 9.17) is 9.47 Å². The molecule has 170 valence electrons. The molecule has 1 aliphatic carbocycles. The first kappa shape index (κ1) is 22.3. The molecule has 4 rings (SSSR count). The summed E-state index contributed by atoms with van der Waals surface area (Å²) in [5, 5.41) is 10.8. The fourth-order valence-corrected chi connectivity index (χ4v) is 4.83. The van der Waals surface area contributed by atoms with Crippen LogP contribution in [0.2, 0.25) is 0 Å². The van der Waals surface area contributed by atoms with E-state index >= 15 is 0 Å². The van der Waals surface area contributed by atoms with Gasteiger partial charge in [-0.25, -0.2) is 9.69 Å². The summed E-state index contributed by atoms with van der Waals surface area (Å²) in [6.45, 7) is 3.41. The molecule has 2 heterocycles. The van der Waals surface area contributed by atoms with E-state index in [2.05, 4.69) is 0 Å². The maximum atomic E-state index is 13.5. The number of amides is 1. The lowest BCUT2D eigenvalue weighted by atomic mass is 9.77. The van der Waals surface area contributed by atoms with Crippen LogP contribution in [-0.2, 0) is 9.59 Å². The number of ether oxygens (including phenoxy) is 2. The van der Waals surface area contributed by atoms with Crippen LogP contribution in [0.4, 0.5) is 0 Å². The van der Waals surface area contributed by atoms with Gasteiger partial charge in [-0.15, -0.1) is 0 Å². The normalized spacial score (nSPS) is 18.2. The van der Waals surface area contributed by atoms with E-state index in [0.717, 1.165) is 5.56 Å². The third-order valence-corrected chi connectivity index (χ3v) is 6.33. The highest BCUT2D eigenvalue weighted by atomic mass is 16.5. The summed E-state index contributed by atoms with van der Waals surface area (Å²) in [5.41, 5.74) is 2.35. The van der Waals surface area contributed by atoms with Crippen LogP contribution in [0.3, 0.4) is 0 Å². The summed E-state index contributed by atoms with van der Waals surface area (Å²) >= 11 is 0. The highest BCUT2D eigenvalue weighted by molar-refractivity contribution is 6.04. The Morgan fingerprint density at radius 3 is 2.42 bits per heavy atom. The van der Waals surface area contributed by atoms with Crippen molar-refractivity contribution in [3.63, 3.8) is 0 Å². The number of allylic oxidation sites excluding steroid dienone is 2. The highest BCUT2D eigenvalue weighted by Gasteiger charge is 2.41. The molecular formula is C25H25N3O5. The Balaban J connectivity index is 1.93. The molecule has 0 saturated carbocycles. The second-order valence-electron chi connectivity index (χ2n) is 8.29. The van der Waals surface area contributed by atoms with Gasteiger partial charge in [0.15, 0.2) is 17.3 Å². The van der Waals surface area contributed by atoms with Crippen molar-refractivity contribution in [2.24, 2.45) is 0 Å². The molecule has 0 radical (unpaired) electrons. The second-order valence-corrected chi connectivity index (χ2v) is 8.29. The van der Waals surface area contributed by atoms with E-state index in [1.165, 1.54) is 16.8 Å². The standard InChI is InChI=1S/C25H25N3O5/c1-14-10-15(2)27(25(31)18(14)13-26)28-19-6-5-7-20(29)24(19)17(12-23(28)30)16-8-9-21(32-3)22(11-16)33-4/h8-11,17H,5-7,12H2,1-4H3. The van der Waals surface area contributed by atoms with Gasteiger partial charge in [0.2, 0.25) is 5.91 Å². The van der Waals surface area contributed by atoms with Crippen LogP contribution in [0, 0.1) is 25.2 Å². The molecule has 8 heteroatoms. The number of benzene rings is 1. The zero-order valence-electron chi connectivity index (χ0n) is 19.1. The number of ketones is 1. The van der Waals surface area contributed by atoms with Crippen molar-refractivity contribution >= 4 is 11.7 Å². The first-order valence-corrected chi connectivity index (χ1v) is 10.8. The number of hydrogen-bond donors (Lipinski definition) is 0. The van der Waals surface area contributed by atoms with Crippen molar-refractivity contribution in [3.8, 4) is 17.6 Å². The monoisotopic (exact) mass is 447 g/mol. The summed E-state index contributed by atoms with van der Waals surface area (Å²) in [7, 11) is 3.08. The third kappa shape index (κ3) is 3.59. The van der Waals surface area contributed by atoms with Gasteiger partial charge in [0.05, 0.1) is 19.9 Å². The fraction of sp³-hybridized carbons (Fsp3) is 0.360. The van der Waals surface area contributed by atoms with E-state index < -0.39 is 11.5 Å². The SMILES string of the molecule is COc1ccc(C2CC(=O)N(n3c(C)cc(C)c(C#N)c3=O)C3=C2C(=O)CCC3)cc1OC. The van der Waals surface area contributed by atoms with Crippen LogP contribution < -0.4 is 20.0 Å². The summed E-state index contributed by atoms with van der Waals surface area (Å²) in [4.78, 5) is 39.8. The Morgan fingerprint density at radius 2 is 1.76 bits per heavy atom. The van der Waals surface area contributed by atoms with Gasteiger partial charge in [0.1, 0.15) is 11.6 Å². The number of carbonyl (C=O) groups is 2. The number of aromatic nitrogens is 1. The lowest BCUT2D eigenvalue weighted by Crippen LogP contribution is -2.52. The number of nitrogens with zero attached hydrogens (tertiary/aromatic N) is 3. The number of nitriles is 1. The van der Waals surface area contributed by atoms with Gasteiger partial charge in [0, 0.05) is 30.0 Å². The quantitative estimate of drug-likeness (QED) is 0.714. The van der Waals surface area contributed by atoms with E-state index in [9.17, 15) is 19.6 Å². The molecule has 1 aliphatic heterocycles. The lowest BCUT2D eigenvalue weighted by Gasteiger charge is -2.39. The topological polar surface area (TPSA) is 102 Å². The van der Waals surface area contributed by atoms with Crippen molar-refractivity contribution in [1.29, 1.82) is 5.26 Å². The van der Waals surface area contributed by atoms with Gasteiger partial charge in [-0.1, -0.05) is 6.07 Å². The number of rotatable bonds is 4. The maximum absolute atomic E-state index is 13.5. The molecule has 2 aliphatic rings. The molecule has 1 atom stereocenters. The van der Waals surface area contributed by atoms with Crippen LogP contribution in [0.25, 0.3) is 0 Å². The molecular weight excluding hydrogens is 422 g/mol. The van der Waals surface area contributed by atoms with Crippen molar-refractivity contribution in [2.75, 3.05) is 19.2 Å². The third-order valence-electron chi connectivity index (χ3n) is 6.33. The van der Waals surface area contributed by atoms with E-state index in [0.29, 0.717) is 53.3 Å². The Hall–Kier alpha value is -3.86. The van der Waals surface area contributed by atoms with Gasteiger partial charge in [-0.05, 0) is 56.0 Å². The Morgan fingerprint density at radius 1 is 1.03 bits per heavy atom. The molecule has 0 spiro atoms. The van der Waals surface area contributed by atoms with Gasteiger partial charge >= 0.3 is 0 Å². The molecule has 0 saturated heterocycles. The van der Waals surface area contributed by atoms with Crippen molar-refractivity contribution < 1.29 is 19.1 Å². The van der Waals surface area contributed by atoms with E-state index in [1.807, 2.05) is 12.1 Å². The highest BCUT2D eigenvalue weighted by Crippen LogP contribution is 2.43. The van der Waals surface area contributed by atoms with Crippen molar-refractivity contribution in [3.05, 3.63) is 68.3 Å². The van der Waals surface area contributed by atoms with Crippen LogP contribution >= 0.6 is 0 Å². The number of pyridine rings is 1. The first-order valence-electron chi connectivity index (χ1n) is 10.8. The zero-order chi connectivity index (χ0) is 23.9. The van der Waals surface area contributed by atoms with E-state index in [1.54, 1.807) is 39.2 Å². The number of methoxy groups -OCH3 is 2. The number of aryl methyl sites for hydroxylation is 2. The molecule has 1 aromatic heterocycles. The molecule has 8 nitrogen and oxygen atoms in total. The van der Waals surface area contributed by atoms with Crippen molar-refractivity contribution in [2.45, 2.75) is 45.4 Å². The van der Waals surface area contributed by atoms with E-state index in [-0.39, 0.29) is 23.7 Å². The largest absolute Gasteiger partial charge is 0.493 e. The average Bonchev–Trinajstić information content (AvgIpc) is 2.79. The Bertz CT molecular complexity index is 1300. The van der Waals surface area contributed by atoms with Crippen LogP contribution in [-0.4, -0.2) is 30.6 Å².